The Hall–Kier alpha value is -2.84. The second-order valence-corrected chi connectivity index (χ2v) is 10.0. The van der Waals surface area contributed by atoms with E-state index in [-0.39, 0.29) is 23.2 Å². The second kappa shape index (κ2) is 11.7. The van der Waals surface area contributed by atoms with Crippen LogP contribution in [0, 0.1) is 5.82 Å². The largest absolute Gasteiger partial charge is 0.354 e. The van der Waals surface area contributed by atoms with Gasteiger partial charge in [0.1, 0.15) is 12.4 Å². The summed E-state index contributed by atoms with van der Waals surface area (Å²) in [6, 6.07) is 23.1. The summed E-state index contributed by atoms with van der Waals surface area (Å²) in [7, 11) is -3.88. The van der Waals surface area contributed by atoms with Crippen molar-refractivity contribution in [3.8, 4) is 0 Å². The minimum absolute atomic E-state index is 0.133. The third-order valence-corrected chi connectivity index (χ3v) is 7.54. The highest BCUT2D eigenvalue weighted by Gasteiger charge is 2.26. The minimum atomic E-state index is -3.88. The van der Waals surface area contributed by atoms with Gasteiger partial charge in [0.25, 0.3) is 10.0 Å². The summed E-state index contributed by atoms with van der Waals surface area (Å²) in [5.74, 6) is 0.977. The van der Waals surface area contributed by atoms with Crippen molar-refractivity contribution in [3.63, 3.8) is 0 Å². The Labute approximate surface area is 192 Å². The summed E-state index contributed by atoms with van der Waals surface area (Å²) < 4.78 is 40.4. The van der Waals surface area contributed by atoms with Gasteiger partial charge in [0.15, 0.2) is 0 Å². The van der Waals surface area contributed by atoms with Crippen molar-refractivity contribution in [2.24, 2.45) is 0 Å². The third kappa shape index (κ3) is 6.83. The number of rotatable bonds is 11. The van der Waals surface area contributed by atoms with Gasteiger partial charge < -0.3 is 5.32 Å². The van der Waals surface area contributed by atoms with Crippen molar-refractivity contribution in [3.05, 3.63) is 96.3 Å². The van der Waals surface area contributed by atoms with Crippen LogP contribution < -0.4 is 9.62 Å². The van der Waals surface area contributed by atoms with Crippen LogP contribution in [0.5, 0.6) is 0 Å². The average Bonchev–Trinajstić information content (AvgIpc) is 2.82. The van der Waals surface area contributed by atoms with Gasteiger partial charge in [-0.15, -0.1) is 0 Å². The van der Waals surface area contributed by atoms with Crippen molar-refractivity contribution >= 4 is 33.4 Å². The number of hydrogen-bond acceptors (Lipinski definition) is 4. The lowest BCUT2D eigenvalue weighted by Crippen LogP contribution is -2.41. The molecule has 0 fully saturated rings. The molecule has 0 atom stereocenters. The van der Waals surface area contributed by atoms with Crippen molar-refractivity contribution in [1.29, 1.82) is 0 Å². The molecule has 5 nitrogen and oxygen atoms in total. The SMILES string of the molecule is O=C(CN(c1ccccc1)S(=O)(=O)c1ccccc1)NCCCSCc1ccc(F)cc1. The molecule has 3 aromatic carbocycles. The number of halogens is 1. The van der Waals surface area contributed by atoms with Crippen LogP contribution in [-0.2, 0) is 20.6 Å². The number of hydrogen-bond donors (Lipinski definition) is 1. The molecule has 3 rings (SSSR count). The molecule has 0 radical (unpaired) electrons. The predicted molar refractivity (Wildman–Crippen MR) is 128 cm³/mol. The fraction of sp³-hybridized carbons (Fsp3) is 0.208. The zero-order valence-corrected chi connectivity index (χ0v) is 19.1. The number of carbonyl (C=O) groups excluding carboxylic acids is 1. The topological polar surface area (TPSA) is 66.5 Å². The van der Waals surface area contributed by atoms with Crippen LogP contribution in [0.25, 0.3) is 0 Å². The van der Waals surface area contributed by atoms with Crippen LogP contribution >= 0.6 is 11.8 Å². The van der Waals surface area contributed by atoms with E-state index in [9.17, 15) is 17.6 Å². The molecule has 0 saturated carbocycles. The van der Waals surface area contributed by atoms with Gasteiger partial charge in [-0.1, -0.05) is 48.5 Å². The number of sulfonamides is 1. The van der Waals surface area contributed by atoms with Crippen LogP contribution in [0.15, 0.2) is 89.8 Å². The molecule has 32 heavy (non-hydrogen) atoms. The number of benzene rings is 3. The average molecular weight is 473 g/mol. The van der Waals surface area contributed by atoms with Crippen LogP contribution in [-0.4, -0.2) is 33.2 Å². The first kappa shape index (κ1) is 23.8. The maximum absolute atomic E-state index is 13.2. The lowest BCUT2D eigenvalue weighted by Gasteiger charge is -2.24. The predicted octanol–water partition coefficient (Wildman–Crippen LogP) is 4.46. The molecule has 0 heterocycles. The molecule has 0 unspecified atom stereocenters. The fourth-order valence-corrected chi connectivity index (χ4v) is 5.35. The molecule has 0 saturated heterocycles. The maximum Gasteiger partial charge on any atom is 0.264 e. The Bertz CT molecular complexity index is 1090. The second-order valence-electron chi connectivity index (χ2n) is 7.04. The maximum atomic E-state index is 13.2. The van der Waals surface area contributed by atoms with E-state index in [2.05, 4.69) is 5.32 Å². The first-order chi connectivity index (χ1) is 15.5. The number of thioether (sulfide) groups is 1. The van der Waals surface area contributed by atoms with Crippen LogP contribution in [0.4, 0.5) is 10.1 Å². The number of nitrogens with one attached hydrogen (secondary N) is 1. The smallest absolute Gasteiger partial charge is 0.264 e. The third-order valence-electron chi connectivity index (χ3n) is 4.63. The highest BCUT2D eigenvalue weighted by atomic mass is 32.2. The van der Waals surface area contributed by atoms with Gasteiger partial charge in [0.2, 0.25) is 5.91 Å². The van der Waals surface area contributed by atoms with Crippen LogP contribution in [0.3, 0.4) is 0 Å². The van der Waals surface area contributed by atoms with E-state index in [0.29, 0.717) is 12.2 Å². The molecule has 0 bridgehead atoms. The molecule has 168 valence electrons. The molecular formula is C24H25FN2O3S2. The Kier molecular flexibility index (Phi) is 8.70. The van der Waals surface area contributed by atoms with Crippen molar-refractivity contribution < 1.29 is 17.6 Å². The molecule has 1 amide bonds. The van der Waals surface area contributed by atoms with E-state index in [0.717, 1.165) is 27.8 Å². The lowest BCUT2D eigenvalue weighted by molar-refractivity contribution is -0.119. The van der Waals surface area contributed by atoms with Gasteiger partial charge in [0, 0.05) is 12.3 Å². The molecule has 8 heteroatoms. The molecular weight excluding hydrogens is 447 g/mol. The molecule has 1 N–H and O–H groups in total. The molecule has 0 aromatic heterocycles. The van der Waals surface area contributed by atoms with Crippen LogP contribution in [0.2, 0.25) is 0 Å². The molecule has 0 spiro atoms. The van der Waals surface area contributed by atoms with Crippen molar-refractivity contribution in [2.75, 3.05) is 23.1 Å². The summed E-state index contributed by atoms with van der Waals surface area (Å²) in [6.45, 7) is 0.146. The zero-order valence-electron chi connectivity index (χ0n) is 17.5. The summed E-state index contributed by atoms with van der Waals surface area (Å²) in [5, 5.41) is 2.80. The van der Waals surface area contributed by atoms with Gasteiger partial charge in [-0.05, 0) is 54.1 Å². The first-order valence-corrected chi connectivity index (χ1v) is 12.8. The number of anilines is 1. The van der Waals surface area contributed by atoms with E-state index in [1.807, 2.05) is 0 Å². The van der Waals surface area contributed by atoms with Crippen molar-refractivity contribution in [2.45, 2.75) is 17.1 Å². The number of nitrogens with zero attached hydrogens (tertiary/aromatic N) is 1. The summed E-state index contributed by atoms with van der Waals surface area (Å²) >= 11 is 1.70. The standard InChI is InChI=1S/C24H25FN2O3S2/c25-21-14-12-20(13-15-21)19-31-17-7-16-26-24(28)18-27(22-8-3-1-4-9-22)32(29,30)23-10-5-2-6-11-23/h1-6,8-15H,7,16-19H2,(H,26,28). The lowest BCUT2D eigenvalue weighted by atomic mass is 10.2. The van der Waals surface area contributed by atoms with Gasteiger partial charge in [-0.25, -0.2) is 12.8 Å². The van der Waals surface area contributed by atoms with E-state index >= 15 is 0 Å². The van der Waals surface area contributed by atoms with Gasteiger partial charge in [0.05, 0.1) is 10.6 Å². The molecule has 3 aromatic rings. The van der Waals surface area contributed by atoms with Crippen LogP contribution in [0.1, 0.15) is 12.0 Å². The highest BCUT2D eigenvalue weighted by Crippen LogP contribution is 2.23. The number of carbonyl (C=O) groups is 1. The highest BCUT2D eigenvalue weighted by molar-refractivity contribution is 7.98. The molecule has 0 aliphatic carbocycles. The Morgan fingerprint density at radius 1 is 0.906 bits per heavy atom. The Balaban J connectivity index is 1.52. The van der Waals surface area contributed by atoms with Gasteiger partial charge in [-0.3, -0.25) is 9.10 Å². The van der Waals surface area contributed by atoms with Crippen molar-refractivity contribution in [1.82, 2.24) is 5.32 Å². The molecule has 0 aliphatic heterocycles. The normalized spacial score (nSPS) is 11.2. The monoisotopic (exact) mass is 472 g/mol. The van der Waals surface area contributed by atoms with E-state index in [1.165, 1.54) is 24.3 Å². The minimum Gasteiger partial charge on any atom is -0.354 e. The zero-order chi connectivity index (χ0) is 22.8. The Morgan fingerprint density at radius 3 is 2.19 bits per heavy atom. The van der Waals surface area contributed by atoms with E-state index in [1.54, 1.807) is 72.4 Å². The number of para-hydroxylation sites is 1. The van der Waals surface area contributed by atoms with E-state index in [4.69, 9.17) is 0 Å². The Morgan fingerprint density at radius 2 is 1.53 bits per heavy atom. The summed E-state index contributed by atoms with van der Waals surface area (Å²) in [6.07, 6.45) is 0.744. The first-order valence-electron chi connectivity index (χ1n) is 10.2. The van der Waals surface area contributed by atoms with E-state index < -0.39 is 10.0 Å². The van der Waals surface area contributed by atoms with Gasteiger partial charge in [-0.2, -0.15) is 11.8 Å². The summed E-state index contributed by atoms with van der Waals surface area (Å²) in [5.41, 5.74) is 1.48. The fourth-order valence-electron chi connectivity index (χ4n) is 2.99. The number of amides is 1. The quantitative estimate of drug-likeness (QED) is 0.419. The molecule has 0 aliphatic rings. The van der Waals surface area contributed by atoms with Gasteiger partial charge >= 0.3 is 0 Å². The summed E-state index contributed by atoms with van der Waals surface area (Å²) in [4.78, 5) is 12.7.